The van der Waals surface area contributed by atoms with E-state index < -0.39 is 11.7 Å². The SMILES string of the molecule is COc1cc(N2CCC(N3CCN(C)CC3)CC2)c(C(F)(F)F)cc1N. The number of rotatable bonds is 3. The zero-order valence-corrected chi connectivity index (χ0v) is 15.4. The highest BCUT2D eigenvalue weighted by Gasteiger charge is 2.37. The van der Waals surface area contributed by atoms with Gasteiger partial charge in [-0.3, -0.25) is 4.90 Å². The number of methoxy groups -OCH3 is 1. The van der Waals surface area contributed by atoms with Crippen LogP contribution >= 0.6 is 0 Å². The van der Waals surface area contributed by atoms with E-state index in [1.807, 2.05) is 4.90 Å². The lowest BCUT2D eigenvalue weighted by Crippen LogP contribution is -2.52. The molecule has 5 nitrogen and oxygen atoms in total. The third kappa shape index (κ3) is 4.01. The zero-order valence-electron chi connectivity index (χ0n) is 15.4. The number of anilines is 2. The first-order valence-electron chi connectivity index (χ1n) is 9.02. The van der Waals surface area contributed by atoms with Crippen LogP contribution < -0.4 is 15.4 Å². The summed E-state index contributed by atoms with van der Waals surface area (Å²) in [6, 6.07) is 2.86. The van der Waals surface area contributed by atoms with Crippen LogP contribution in [0.2, 0.25) is 0 Å². The number of hydrogen-bond donors (Lipinski definition) is 1. The topological polar surface area (TPSA) is 45.0 Å². The van der Waals surface area contributed by atoms with Gasteiger partial charge >= 0.3 is 6.18 Å². The molecule has 0 bridgehead atoms. The number of hydrogen-bond acceptors (Lipinski definition) is 5. The standard InChI is InChI=1S/C18H27F3N4O/c1-23-7-9-24(10-8-23)13-3-5-25(6-4-13)16-12-17(26-2)15(22)11-14(16)18(19,20)21/h11-13H,3-10,22H2,1-2H3. The summed E-state index contributed by atoms with van der Waals surface area (Å²) in [6.45, 7) is 5.37. The Hall–Kier alpha value is -1.67. The fourth-order valence-electron chi connectivity index (χ4n) is 3.91. The molecular formula is C18H27F3N4O. The fraction of sp³-hybridized carbons (Fsp3) is 0.667. The first-order chi connectivity index (χ1) is 12.3. The molecule has 2 aliphatic heterocycles. The van der Waals surface area contributed by atoms with E-state index in [-0.39, 0.29) is 17.1 Å². The highest BCUT2D eigenvalue weighted by molar-refractivity contribution is 5.68. The van der Waals surface area contributed by atoms with Gasteiger partial charge in [-0.25, -0.2) is 0 Å². The quantitative estimate of drug-likeness (QED) is 0.826. The Kier molecular flexibility index (Phi) is 5.53. The lowest BCUT2D eigenvalue weighted by molar-refractivity contribution is -0.137. The zero-order chi connectivity index (χ0) is 18.9. The normalized spacial score (nSPS) is 21.2. The molecule has 2 aliphatic rings. The van der Waals surface area contributed by atoms with Crippen molar-refractivity contribution in [1.82, 2.24) is 9.80 Å². The average molecular weight is 372 g/mol. The predicted molar refractivity (Wildman–Crippen MR) is 96.7 cm³/mol. The van der Waals surface area contributed by atoms with Crippen LogP contribution in [-0.4, -0.2) is 69.3 Å². The van der Waals surface area contributed by atoms with Gasteiger partial charge in [0.2, 0.25) is 0 Å². The first-order valence-corrected chi connectivity index (χ1v) is 9.02. The third-order valence-corrected chi connectivity index (χ3v) is 5.51. The highest BCUT2D eigenvalue weighted by atomic mass is 19.4. The molecule has 0 atom stereocenters. The maximum atomic E-state index is 13.5. The van der Waals surface area contributed by atoms with Gasteiger partial charge in [-0.15, -0.1) is 0 Å². The number of likely N-dealkylation sites (N-methyl/N-ethyl adjacent to an activating group) is 1. The van der Waals surface area contributed by atoms with Crippen molar-refractivity contribution < 1.29 is 17.9 Å². The van der Waals surface area contributed by atoms with Crippen LogP contribution in [0.25, 0.3) is 0 Å². The van der Waals surface area contributed by atoms with Crippen molar-refractivity contribution in [3.63, 3.8) is 0 Å². The molecule has 1 aromatic carbocycles. The molecule has 2 saturated heterocycles. The van der Waals surface area contributed by atoms with Crippen molar-refractivity contribution >= 4 is 11.4 Å². The van der Waals surface area contributed by atoms with E-state index in [4.69, 9.17) is 10.5 Å². The number of piperazine rings is 1. The van der Waals surface area contributed by atoms with Gasteiger partial charge in [-0.1, -0.05) is 0 Å². The number of benzene rings is 1. The number of nitrogens with two attached hydrogens (primary N) is 1. The third-order valence-electron chi connectivity index (χ3n) is 5.51. The van der Waals surface area contributed by atoms with Crippen molar-refractivity contribution in [3.8, 4) is 5.75 Å². The van der Waals surface area contributed by atoms with E-state index in [2.05, 4.69) is 16.8 Å². The second-order valence-electron chi connectivity index (χ2n) is 7.17. The maximum absolute atomic E-state index is 13.5. The molecule has 26 heavy (non-hydrogen) atoms. The molecule has 0 amide bonds. The summed E-state index contributed by atoms with van der Waals surface area (Å²) in [7, 11) is 3.54. The number of nitrogen functional groups attached to an aromatic ring is 1. The summed E-state index contributed by atoms with van der Waals surface area (Å²) in [5, 5.41) is 0. The summed E-state index contributed by atoms with van der Waals surface area (Å²) < 4.78 is 45.6. The number of piperidine rings is 1. The van der Waals surface area contributed by atoms with E-state index in [0.29, 0.717) is 19.1 Å². The fourth-order valence-corrected chi connectivity index (χ4v) is 3.91. The Morgan fingerprint density at radius 1 is 1.04 bits per heavy atom. The van der Waals surface area contributed by atoms with Gasteiger partial charge in [-0.05, 0) is 26.0 Å². The van der Waals surface area contributed by atoms with Crippen LogP contribution in [0.3, 0.4) is 0 Å². The molecule has 0 radical (unpaired) electrons. The molecule has 0 spiro atoms. The molecule has 0 saturated carbocycles. The van der Waals surface area contributed by atoms with E-state index in [0.717, 1.165) is 45.1 Å². The second-order valence-corrected chi connectivity index (χ2v) is 7.17. The first kappa shape index (κ1) is 19.1. The number of alkyl halides is 3. The minimum absolute atomic E-state index is 0.0101. The van der Waals surface area contributed by atoms with E-state index in [1.165, 1.54) is 13.2 Å². The Morgan fingerprint density at radius 3 is 2.19 bits per heavy atom. The Labute approximate surface area is 152 Å². The maximum Gasteiger partial charge on any atom is 0.418 e. The summed E-state index contributed by atoms with van der Waals surface area (Å²) in [6.07, 6.45) is -2.70. The van der Waals surface area contributed by atoms with Gasteiger partial charge in [0, 0.05) is 51.4 Å². The lowest BCUT2D eigenvalue weighted by atomic mass is 10.00. The van der Waals surface area contributed by atoms with Crippen molar-refractivity contribution in [2.75, 3.05) is 64.1 Å². The van der Waals surface area contributed by atoms with Crippen molar-refractivity contribution in [1.29, 1.82) is 0 Å². The monoisotopic (exact) mass is 372 g/mol. The largest absolute Gasteiger partial charge is 0.495 e. The minimum Gasteiger partial charge on any atom is -0.495 e. The molecule has 146 valence electrons. The Morgan fingerprint density at radius 2 is 1.65 bits per heavy atom. The molecule has 0 unspecified atom stereocenters. The number of ether oxygens (including phenoxy) is 1. The summed E-state index contributed by atoms with van der Waals surface area (Å²) in [5.41, 5.74) is 5.19. The van der Waals surface area contributed by atoms with Gasteiger partial charge in [-0.2, -0.15) is 13.2 Å². The van der Waals surface area contributed by atoms with Crippen molar-refractivity contribution in [2.24, 2.45) is 0 Å². The minimum atomic E-state index is -4.44. The van der Waals surface area contributed by atoms with Crippen LogP contribution in [0.5, 0.6) is 5.75 Å². The Balaban J connectivity index is 1.74. The molecular weight excluding hydrogens is 345 g/mol. The summed E-state index contributed by atoms with van der Waals surface area (Å²) in [4.78, 5) is 6.60. The molecule has 3 rings (SSSR count). The molecule has 0 aliphatic carbocycles. The number of halogens is 3. The van der Waals surface area contributed by atoms with Crippen LogP contribution in [0.4, 0.5) is 24.5 Å². The lowest BCUT2D eigenvalue weighted by Gasteiger charge is -2.43. The number of nitrogens with zero attached hydrogens (tertiary/aromatic N) is 3. The van der Waals surface area contributed by atoms with Gasteiger partial charge in [0.25, 0.3) is 0 Å². The average Bonchev–Trinajstić information content (AvgIpc) is 2.61. The molecule has 2 fully saturated rings. The van der Waals surface area contributed by atoms with Gasteiger partial charge in [0.15, 0.2) is 0 Å². The van der Waals surface area contributed by atoms with Crippen LogP contribution in [-0.2, 0) is 6.18 Å². The molecule has 2 heterocycles. The van der Waals surface area contributed by atoms with Crippen molar-refractivity contribution in [3.05, 3.63) is 17.7 Å². The van der Waals surface area contributed by atoms with E-state index >= 15 is 0 Å². The smallest absolute Gasteiger partial charge is 0.418 e. The van der Waals surface area contributed by atoms with E-state index in [9.17, 15) is 13.2 Å². The van der Waals surface area contributed by atoms with Gasteiger partial charge in [0.05, 0.1) is 24.0 Å². The van der Waals surface area contributed by atoms with Gasteiger partial charge < -0.3 is 20.3 Å². The van der Waals surface area contributed by atoms with Crippen LogP contribution in [0.15, 0.2) is 12.1 Å². The van der Waals surface area contributed by atoms with Gasteiger partial charge in [0.1, 0.15) is 5.75 Å². The predicted octanol–water partition coefficient (Wildman–Crippen LogP) is 2.51. The van der Waals surface area contributed by atoms with Crippen LogP contribution in [0.1, 0.15) is 18.4 Å². The van der Waals surface area contributed by atoms with Crippen molar-refractivity contribution in [2.45, 2.75) is 25.1 Å². The van der Waals surface area contributed by atoms with E-state index in [1.54, 1.807) is 0 Å². The summed E-state index contributed by atoms with van der Waals surface area (Å²) >= 11 is 0. The second kappa shape index (κ2) is 7.52. The summed E-state index contributed by atoms with van der Waals surface area (Å²) in [5.74, 6) is 0.286. The molecule has 0 aromatic heterocycles. The van der Waals surface area contributed by atoms with Crippen LogP contribution in [0, 0.1) is 0 Å². The highest BCUT2D eigenvalue weighted by Crippen LogP contribution is 2.42. The molecule has 8 heteroatoms. The molecule has 1 aromatic rings. The Bertz CT molecular complexity index is 622. The molecule has 2 N–H and O–H groups in total.